The molecule has 0 saturated heterocycles. The summed E-state index contributed by atoms with van der Waals surface area (Å²) in [6.45, 7) is 2.23. The van der Waals surface area contributed by atoms with Crippen LogP contribution in [0.5, 0.6) is 0 Å². The smallest absolute Gasteiger partial charge is 0.0951 e. The molecule has 0 radical (unpaired) electrons. The lowest BCUT2D eigenvalue weighted by Crippen LogP contribution is -2.12. The van der Waals surface area contributed by atoms with Gasteiger partial charge in [0.25, 0.3) is 0 Å². The quantitative estimate of drug-likeness (QED) is 0.624. The van der Waals surface area contributed by atoms with Gasteiger partial charge < -0.3 is 4.57 Å². The summed E-state index contributed by atoms with van der Waals surface area (Å²) in [4.78, 5) is 4.07. The van der Waals surface area contributed by atoms with Crippen LogP contribution in [0.2, 0.25) is 0 Å². The van der Waals surface area contributed by atoms with Gasteiger partial charge in [0.15, 0.2) is 0 Å². The van der Waals surface area contributed by atoms with E-state index in [1.165, 1.54) is 19.3 Å². The molecule has 0 spiro atoms. The van der Waals surface area contributed by atoms with Gasteiger partial charge in [0.2, 0.25) is 0 Å². The Morgan fingerprint density at radius 1 is 1.67 bits per heavy atom. The highest BCUT2D eigenvalue weighted by Gasteiger charge is 2.17. The van der Waals surface area contributed by atoms with Crippen molar-refractivity contribution in [1.82, 2.24) is 9.55 Å². The summed E-state index contributed by atoms with van der Waals surface area (Å²) in [5.41, 5.74) is 1.58. The third kappa shape index (κ3) is 1.17. The second kappa shape index (κ2) is 3.13. The van der Waals surface area contributed by atoms with Gasteiger partial charge in [0.1, 0.15) is 0 Å². The van der Waals surface area contributed by atoms with E-state index in [4.69, 9.17) is 0 Å². The molecule has 1 unspecified atom stereocenters. The van der Waals surface area contributed by atoms with Crippen LogP contribution in [0.1, 0.15) is 32.2 Å². The fourth-order valence-corrected chi connectivity index (χ4v) is 1.73. The van der Waals surface area contributed by atoms with Crippen LogP contribution in [0.3, 0.4) is 0 Å². The number of aromatic nitrogens is 2. The Bertz CT molecular complexity index is 272. The van der Waals surface area contributed by atoms with Gasteiger partial charge in [-0.15, -0.1) is 0 Å². The molecule has 64 valence electrons. The Hall–Kier alpha value is -1.05. The van der Waals surface area contributed by atoms with Gasteiger partial charge in [-0.05, 0) is 19.3 Å². The summed E-state index contributed by atoms with van der Waals surface area (Å²) in [5.74, 6) is 0. The molecule has 0 fully saturated rings. The maximum Gasteiger partial charge on any atom is 0.0951 e. The highest BCUT2D eigenvalue weighted by molar-refractivity contribution is 5.18. The molecule has 0 aliphatic heterocycles. The van der Waals surface area contributed by atoms with Gasteiger partial charge in [0.05, 0.1) is 12.4 Å². The molecule has 12 heavy (non-hydrogen) atoms. The SMILES string of the molecule is CCC(C1=CCC1)n1ccnc1. The average molecular weight is 162 g/mol. The van der Waals surface area contributed by atoms with Crippen LogP contribution in [-0.4, -0.2) is 9.55 Å². The molecule has 1 atom stereocenters. The van der Waals surface area contributed by atoms with Gasteiger partial charge >= 0.3 is 0 Å². The van der Waals surface area contributed by atoms with E-state index in [-0.39, 0.29) is 0 Å². The summed E-state index contributed by atoms with van der Waals surface area (Å²) < 4.78 is 2.20. The molecule has 0 N–H and O–H groups in total. The molecular formula is C10H14N2. The average Bonchev–Trinajstić information content (AvgIpc) is 2.47. The molecule has 0 aromatic carbocycles. The maximum atomic E-state index is 4.07. The zero-order valence-electron chi connectivity index (χ0n) is 7.40. The molecule has 1 aromatic rings. The van der Waals surface area contributed by atoms with E-state index in [0.29, 0.717) is 6.04 Å². The van der Waals surface area contributed by atoms with Crippen molar-refractivity contribution in [2.24, 2.45) is 0 Å². The summed E-state index contributed by atoms with van der Waals surface area (Å²) in [6, 6.07) is 0.571. The number of nitrogens with zero attached hydrogens (tertiary/aromatic N) is 2. The molecule has 1 heterocycles. The minimum Gasteiger partial charge on any atom is -0.330 e. The number of hydrogen-bond donors (Lipinski definition) is 0. The van der Waals surface area contributed by atoms with Crippen LogP contribution in [0.25, 0.3) is 0 Å². The molecule has 1 aliphatic rings. The van der Waals surface area contributed by atoms with Crippen LogP contribution in [0.4, 0.5) is 0 Å². The third-order valence-corrected chi connectivity index (χ3v) is 2.54. The Morgan fingerprint density at radius 2 is 2.50 bits per heavy atom. The van der Waals surface area contributed by atoms with E-state index in [1.807, 2.05) is 18.7 Å². The number of rotatable bonds is 3. The Kier molecular flexibility index (Phi) is 1.98. The van der Waals surface area contributed by atoms with Crippen molar-refractivity contribution in [2.75, 3.05) is 0 Å². The van der Waals surface area contributed by atoms with Crippen molar-refractivity contribution >= 4 is 0 Å². The predicted molar refractivity (Wildman–Crippen MR) is 48.9 cm³/mol. The van der Waals surface area contributed by atoms with Crippen molar-refractivity contribution in [2.45, 2.75) is 32.2 Å². The lowest BCUT2D eigenvalue weighted by molar-refractivity contribution is 0.517. The fraction of sp³-hybridized carbons (Fsp3) is 0.500. The fourth-order valence-electron chi connectivity index (χ4n) is 1.73. The largest absolute Gasteiger partial charge is 0.330 e. The third-order valence-electron chi connectivity index (χ3n) is 2.54. The number of imidazole rings is 1. The van der Waals surface area contributed by atoms with Crippen LogP contribution in [0.15, 0.2) is 30.4 Å². The first kappa shape index (κ1) is 7.59. The van der Waals surface area contributed by atoms with Crippen molar-refractivity contribution in [1.29, 1.82) is 0 Å². The lowest BCUT2D eigenvalue weighted by Gasteiger charge is -2.25. The normalized spacial score (nSPS) is 18.2. The van der Waals surface area contributed by atoms with Gasteiger partial charge in [-0.3, -0.25) is 0 Å². The Morgan fingerprint density at radius 3 is 2.92 bits per heavy atom. The molecule has 0 amide bonds. The first-order chi connectivity index (χ1) is 5.92. The molecule has 1 aromatic heterocycles. The van der Waals surface area contributed by atoms with E-state index >= 15 is 0 Å². The topological polar surface area (TPSA) is 17.8 Å². The Balaban J connectivity index is 2.18. The summed E-state index contributed by atoms with van der Waals surface area (Å²) in [7, 11) is 0. The highest BCUT2D eigenvalue weighted by atomic mass is 15.0. The molecule has 0 bridgehead atoms. The van der Waals surface area contributed by atoms with E-state index < -0.39 is 0 Å². The van der Waals surface area contributed by atoms with Crippen molar-refractivity contribution < 1.29 is 0 Å². The zero-order chi connectivity index (χ0) is 8.39. The molecule has 1 aliphatic carbocycles. The Labute approximate surface area is 72.9 Å². The second-order valence-corrected chi connectivity index (χ2v) is 3.25. The molecule has 2 rings (SSSR count). The monoisotopic (exact) mass is 162 g/mol. The van der Waals surface area contributed by atoms with Crippen LogP contribution in [-0.2, 0) is 0 Å². The predicted octanol–water partition coefficient (Wildman–Crippen LogP) is 2.55. The number of allylic oxidation sites excluding steroid dienone is 2. The standard InChI is InChI=1S/C10H14N2/c1-2-10(9-4-3-5-9)12-7-6-11-8-12/h4,6-8,10H,2-3,5H2,1H3. The summed E-state index contributed by atoms with van der Waals surface area (Å²) >= 11 is 0. The molecule has 2 nitrogen and oxygen atoms in total. The van der Waals surface area contributed by atoms with Crippen LogP contribution < -0.4 is 0 Å². The minimum atomic E-state index is 0.571. The number of hydrogen-bond acceptors (Lipinski definition) is 1. The van der Waals surface area contributed by atoms with Crippen molar-refractivity contribution in [3.05, 3.63) is 30.4 Å². The minimum absolute atomic E-state index is 0.571. The first-order valence-corrected chi connectivity index (χ1v) is 4.58. The van der Waals surface area contributed by atoms with Gasteiger partial charge in [0, 0.05) is 12.4 Å². The van der Waals surface area contributed by atoms with E-state index in [0.717, 1.165) is 0 Å². The second-order valence-electron chi connectivity index (χ2n) is 3.25. The van der Waals surface area contributed by atoms with Crippen LogP contribution in [0, 0.1) is 0 Å². The van der Waals surface area contributed by atoms with Crippen molar-refractivity contribution in [3.8, 4) is 0 Å². The molecular weight excluding hydrogens is 148 g/mol. The van der Waals surface area contributed by atoms with E-state index in [9.17, 15) is 0 Å². The zero-order valence-corrected chi connectivity index (χ0v) is 7.40. The van der Waals surface area contributed by atoms with Crippen molar-refractivity contribution in [3.63, 3.8) is 0 Å². The lowest BCUT2D eigenvalue weighted by atomic mass is 9.90. The van der Waals surface area contributed by atoms with E-state index in [1.54, 1.807) is 5.57 Å². The molecule has 0 saturated carbocycles. The summed E-state index contributed by atoms with van der Waals surface area (Å²) in [5, 5.41) is 0. The van der Waals surface area contributed by atoms with Gasteiger partial charge in [-0.2, -0.15) is 0 Å². The maximum absolute atomic E-state index is 4.07. The van der Waals surface area contributed by atoms with E-state index in [2.05, 4.69) is 22.6 Å². The molecule has 2 heteroatoms. The first-order valence-electron chi connectivity index (χ1n) is 4.58. The van der Waals surface area contributed by atoms with Crippen LogP contribution >= 0.6 is 0 Å². The summed E-state index contributed by atoms with van der Waals surface area (Å²) in [6.07, 6.45) is 11.9. The highest BCUT2D eigenvalue weighted by Crippen LogP contribution is 2.31. The van der Waals surface area contributed by atoms with Gasteiger partial charge in [-0.25, -0.2) is 4.98 Å². The van der Waals surface area contributed by atoms with Gasteiger partial charge in [-0.1, -0.05) is 18.6 Å².